The molecule has 4 heteroatoms. The van der Waals surface area contributed by atoms with E-state index in [9.17, 15) is 0 Å². The van der Waals surface area contributed by atoms with E-state index in [1.54, 1.807) is 6.20 Å². The number of pyridine rings is 2. The Bertz CT molecular complexity index is 1650. The third-order valence-corrected chi connectivity index (χ3v) is 6.37. The van der Waals surface area contributed by atoms with Gasteiger partial charge < -0.3 is 14.7 Å². The molecule has 0 amide bonds. The number of benzene rings is 4. The zero-order valence-corrected chi connectivity index (χ0v) is 23.7. The number of rotatable bonds is 2. The molecular weight excluding hydrogens is 657 g/mol. The molecular formula is C35H24IrN2O-2. The van der Waals surface area contributed by atoms with Gasteiger partial charge in [-0.1, -0.05) is 77.9 Å². The molecule has 0 N–H and O–H groups in total. The maximum Gasteiger partial charge on any atom is 0.122 e. The Balaban J connectivity index is 0.000000200. The van der Waals surface area contributed by atoms with Gasteiger partial charge in [-0.3, -0.25) is 0 Å². The van der Waals surface area contributed by atoms with Crippen LogP contribution < -0.4 is 4.74 Å². The van der Waals surface area contributed by atoms with Gasteiger partial charge in [0.15, 0.2) is 0 Å². The molecule has 0 unspecified atom stereocenters. The first-order valence-electron chi connectivity index (χ1n) is 12.5. The van der Waals surface area contributed by atoms with Gasteiger partial charge in [0.2, 0.25) is 0 Å². The van der Waals surface area contributed by atoms with Crippen molar-refractivity contribution >= 4 is 0 Å². The third kappa shape index (κ3) is 5.58. The number of fused-ring (bicyclic) bond motifs is 5. The van der Waals surface area contributed by atoms with E-state index in [2.05, 4.69) is 64.6 Å². The Labute approximate surface area is 242 Å². The number of ether oxygens (including phenoxy) is 1. The molecule has 1 radical (unpaired) electrons. The van der Waals surface area contributed by atoms with Crippen molar-refractivity contribution in [3.8, 4) is 56.3 Å². The van der Waals surface area contributed by atoms with Gasteiger partial charge in [-0.05, 0) is 47.1 Å². The van der Waals surface area contributed by atoms with E-state index in [1.807, 2.05) is 85.9 Å². The number of hydrogen-bond donors (Lipinski definition) is 0. The molecule has 0 saturated carbocycles. The molecule has 7 rings (SSSR count). The Morgan fingerprint density at radius 3 is 2.05 bits per heavy atom. The molecule has 39 heavy (non-hydrogen) atoms. The second kappa shape index (κ2) is 12.0. The van der Waals surface area contributed by atoms with Crippen LogP contribution in [0.3, 0.4) is 0 Å². The fourth-order valence-electron chi connectivity index (χ4n) is 4.52. The van der Waals surface area contributed by atoms with Crippen LogP contribution in [0.1, 0.15) is 5.56 Å². The first-order chi connectivity index (χ1) is 18.8. The molecule has 0 spiro atoms. The van der Waals surface area contributed by atoms with Crippen LogP contribution in [0.4, 0.5) is 0 Å². The topological polar surface area (TPSA) is 35.0 Å². The van der Waals surface area contributed by atoms with Crippen molar-refractivity contribution in [2.75, 3.05) is 0 Å². The van der Waals surface area contributed by atoms with Crippen molar-refractivity contribution in [1.82, 2.24) is 9.97 Å². The van der Waals surface area contributed by atoms with Crippen molar-refractivity contribution < 1.29 is 24.8 Å². The van der Waals surface area contributed by atoms with Crippen molar-refractivity contribution in [2.45, 2.75) is 6.92 Å². The molecule has 0 fully saturated rings. The zero-order chi connectivity index (χ0) is 25.7. The summed E-state index contributed by atoms with van der Waals surface area (Å²) < 4.78 is 6.43. The average molecular weight is 681 g/mol. The van der Waals surface area contributed by atoms with Crippen LogP contribution in [-0.4, -0.2) is 9.97 Å². The van der Waals surface area contributed by atoms with Crippen LogP contribution in [-0.2, 0) is 20.1 Å². The van der Waals surface area contributed by atoms with Crippen molar-refractivity contribution in [3.05, 3.63) is 145 Å². The summed E-state index contributed by atoms with van der Waals surface area (Å²) in [5.74, 6) is 1.66. The van der Waals surface area contributed by atoms with Crippen molar-refractivity contribution in [1.29, 1.82) is 0 Å². The monoisotopic (exact) mass is 681 g/mol. The standard InChI is InChI=1S/C24H16NO.C11H8N.Ir/c1-16-13-14-22(25-15-16)21-11-6-10-20-18-8-3-2-7-17(18)19-9-4-5-12-23(19)26-24(20)21;1-2-6-10(7-3-1)11-8-4-5-9-12-11;/h2-10,12-15H,1H3;1-6,8-9H;/q2*-1;. The molecule has 4 aromatic carbocycles. The summed E-state index contributed by atoms with van der Waals surface area (Å²) in [5, 5.41) is 0. The van der Waals surface area contributed by atoms with Gasteiger partial charge in [-0.25, -0.2) is 0 Å². The van der Waals surface area contributed by atoms with Gasteiger partial charge in [0.1, 0.15) is 5.75 Å². The normalized spacial score (nSPS) is 10.7. The Kier molecular flexibility index (Phi) is 8.07. The molecule has 191 valence electrons. The largest absolute Gasteiger partial charge is 0.501 e. The Morgan fingerprint density at radius 2 is 1.33 bits per heavy atom. The van der Waals surface area contributed by atoms with Gasteiger partial charge in [0, 0.05) is 38.1 Å². The predicted molar refractivity (Wildman–Crippen MR) is 153 cm³/mol. The SMILES string of the molecule is Cc1ccc(-c2[c-]ccc3c2Oc2ccccc2-c2ccccc2-3)nc1.[Ir].[c-]1ccccc1-c1ccccn1. The smallest absolute Gasteiger partial charge is 0.122 e. The number of hydrogen-bond acceptors (Lipinski definition) is 3. The molecule has 3 nitrogen and oxygen atoms in total. The average Bonchev–Trinajstić information content (AvgIpc) is 3.14. The van der Waals surface area contributed by atoms with E-state index in [0.29, 0.717) is 0 Å². The summed E-state index contributed by atoms with van der Waals surface area (Å²) >= 11 is 0. The van der Waals surface area contributed by atoms with Gasteiger partial charge in [-0.2, -0.15) is 0 Å². The van der Waals surface area contributed by atoms with Crippen LogP contribution in [0.15, 0.2) is 128 Å². The van der Waals surface area contributed by atoms with E-state index >= 15 is 0 Å². The molecule has 0 saturated heterocycles. The Hall–Kier alpha value is -4.37. The molecule has 1 aliphatic heterocycles. The molecule has 3 heterocycles. The van der Waals surface area contributed by atoms with E-state index in [0.717, 1.165) is 56.3 Å². The third-order valence-electron chi connectivity index (χ3n) is 6.37. The van der Waals surface area contributed by atoms with E-state index in [-0.39, 0.29) is 20.1 Å². The minimum atomic E-state index is 0. The number of aromatic nitrogens is 2. The maximum atomic E-state index is 6.43. The molecule has 1 aliphatic rings. The predicted octanol–water partition coefficient (Wildman–Crippen LogP) is 8.84. The van der Waals surface area contributed by atoms with E-state index < -0.39 is 0 Å². The summed E-state index contributed by atoms with van der Waals surface area (Å²) in [4.78, 5) is 8.81. The van der Waals surface area contributed by atoms with Crippen LogP contribution in [0.2, 0.25) is 0 Å². The summed E-state index contributed by atoms with van der Waals surface area (Å²) in [6.07, 6.45) is 3.66. The van der Waals surface area contributed by atoms with Crippen molar-refractivity contribution in [2.24, 2.45) is 0 Å². The second-order valence-corrected chi connectivity index (χ2v) is 8.95. The number of para-hydroxylation sites is 1. The molecule has 2 aromatic heterocycles. The van der Waals surface area contributed by atoms with Crippen LogP contribution in [0, 0.1) is 19.1 Å². The minimum absolute atomic E-state index is 0. The summed E-state index contributed by atoms with van der Waals surface area (Å²) in [6.45, 7) is 2.04. The van der Waals surface area contributed by atoms with E-state index in [1.165, 1.54) is 5.56 Å². The fraction of sp³-hybridized carbons (Fsp3) is 0.0286. The number of nitrogens with zero attached hydrogens (tertiary/aromatic N) is 2. The summed E-state index contributed by atoms with van der Waals surface area (Å²) in [7, 11) is 0. The van der Waals surface area contributed by atoms with Crippen LogP contribution >= 0.6 is 0 Å². The van der Waals surface area contributed by atoms with Crippen LogP contribution in [0.25, 0.3) is 44.8 Å². The van der Waals surface area contributed by atoms with Gasteiger partial charge in [-0.15, -0.1) is 54.1 Å². The zero-order valence-electron chi connectivity index (χ0n) is 21.3. The quantitative estimate of drug-likeness (QED) is 0.171. The van der Waals surface area contributed by atoms with Gasteiger partial charge >= 0.3 is 0 Å². The van der Waals surface area contributed by atoms with Gasteiger partial charge in [0.25, 0.3) is 0 Å². The first kappa shape index (κ1) is 26.2. The first-order valence-corrected chi connectivity index (χ1v) is 12.5. The molecule has 0 aliphatic carbocycles. The molecule has 6 aromatic rings. The minimum Gasteiger partial charge on any atom is -0.501 e. The molecule has 0 atom stereocenters. The van der Waals surface area contributed by atoms with E-state index in [4.69, 9.17) is 4.74 Å². The second-order valence-electron chi connectivity index (χ2n) is 8.95. The maximum absolute atomic E-state index is 6.43. The summed E-state index contributed by atoms with van der Waals surface area (Å²) in [5.41, 5.74) is 9.39. The number of aryl methyl sites for hydroxylation is 1. The fourth-order valence-corrected chi connectivity index (χ4v) is 4.52. The Morgan fingerprint density at radius 1 is 0.590 bits per heavy atom. The summed E-state index contributed by atoms with van der Waals surface area (Å²) in [6, 6.07) is 44.8. The van der Waals surface area contributed by atoms with Crippen LogP contribution in [0.5, 0.6) is 11.5 Å². The van der Waals surface area contributed by atoms with Crippen molar-refractivity contribution in [3.63, 3.8) is 0 Å². The van der Waals surface area contributed by atoms with Gasteiger partial charge in [0.05, 0.1) is 5.75 Å². The molecule has 0 bridgehead atoms.